The molecule has 0 saturated carbocycles. The number of hydrogen-bond acceptors (Lipinski definition) is 2. The standard InChI is InChI=1S/C8H7ClN2O/c1-11-8(9)6-4-5(12)2-3-7(6)10-11/h2-4,12H,1H3. The van der Waals surface area contributed by atoms with Gasteiger partial charge in [0.1, 0.15) is 10.9 Å². The summed E-state index contributed by atoms with van der Waals surface area (Å²) < 4.78 is 1.58. The number of aryl methyl sites for hydroxylation is 1. The molecule has 0 spiro atoms. The first kappa shape index (κ1) is 7.43. The summed E-state index contributed by atoms with van der Waals surface area (Å²) in [6.07, 6.45) is 0. The Kier molecular flexibility index (Phi) is 1.48. The predicted octanol–water partition coefficient (Wildman–Crippen LogP) is 1.93. The van der Waals surface area contributed by atoms with Gasteiger partial charge in [-0.2, -0.15) is 5.10 Å². The summed E-state index contributed by atoms with van der Waals surface area (Å²) >= 11 is 5.90. The third-order valence-corrected chi connectivity index (χ3v) is 2.19. The van der Waals surface area contributed by atoms with Crippen molar-refractivity contribution in [3.05, 3.63) is 23.4 Å². The lowest BCUT2D eigenvalue weighted by molar-refractivity contribution is 0.476. The molecule has 3 nitrogen and oxygen atoms in total. The number of phenolic OH excluding ortho intramolecular Hbond substituents is 1. The van der Waals surface area contributed by atoms with Crippen LogP contribution in [0.1, 0.15) is 0 Å². The number of rotatable bonds is 0. The van der Waals surface area contributed by atoms with Crippen molar-refractivity contribution in [1.29, 1.82) is 0 Å². The number of fused-ring (bicyclic) bond motifs is 1. The van der Waals surface area contributed by atoms with Gasteiger partial charge in [-0.05, 0) is 18.2 Å². The molecule has 0 aliphatic rings. The zero-order valence-electron chi connectivity index (χ0n) is 6.45. The van der Waals surface area contributed by atoms with Crippen LogP contribution in [0, 0.1) is 0 Å². The minimum Gasteiger partial charge on any atom is -0.508 e. The number of phenols is 1. The number of aromatic nitrogens is 2. The molecule has 0 saturated heterocycles. The number of hydrogen-bond donors (Lipinski definition) is 1. The summed E-state index contributed by atoms with van der Waals surface area (Å²) in [4.78, 5) is 0. The molecular weight excluding hydrogens is 176 g/mol. The van der Waals surface area contributed by atoms with Gasteiger partial charge in [-0.1, -0.05) is 11.6 Å². The largest absolute Gasteiger partial charge is 0.508 e. The Hall–Kier alpha value is -1.22. The Morgan fingerprint density at radius 1 is 1.50 bits per heavy atom. The molecule has 0 atom stereocenters. The van der Waals surface area contributed by atoms with Crippen LogP contribution in [0.3, 0.4) is 0 Å². The fourth-order valence-electron chi connectivity index (χ4n) is 1.16. The predicted molar refractivity (Wildman–Crippen MR) is 47.4 cm³/mol. The van der Waals surface area contributed by atoms with Crippen LogP contribution in [-0.2, 0) is 7.05 Å². The second-order valence-electron chi connectivity index (χ2n) is 2.62. The van der Waals surface area contributed by atoms with E-state index >= 15 is 0 Å². The number of nitrogens with zero attached hydrogens (tertiary/aromatic N) is 2. The number of aromatic hydroxyl groups is 1. The van der Waals surface area contributed by atoms with Crippen molar-refractivity contribution >= 4 is 22.5 Å². The Labute approximate surface area is 74.2 Å². The maximum absolute atomic E-state index is 9.17. The summed E-state index contributed by atoms with van der Waals surface area (Å²) in [6.45, 7) is 0. The fourth-order valence-corrected chi connectivity index (χ4v) is 1.35. The smallest absolute Gasteiger partial charge is 0.134 e. The lowest BCUT2D eigenvalue weighted by atomic mass is 10.2. The van der Waals surface area contributed by atoms with Crippen molar-refractivity contribution < 1.29 is 5.11 Å². The Morgan fingerprint density at radius 3 is 3.00 bits per heavy atom. The molecule has 0 fully saturated rings. The molecule has 1 aromatic carbocycles. The molecule has 0 amide bonds. The highest BCUT2D eigenvalue weighted by Gasteiger charge is 2.05. The summed E-state index contributed by atoms with van der Waals surface area (Å²) in [7, 11) is 1.76. The van der Waals surface area contributed by atoms with Gasteiger partial charge in [0.25, 0.3) is 0 Å². The first-order chi connectivity index (χ1) is 5.68. The summed E-state index contributed by atoms with van der Waals surface area (Å²) in [6, 6.07) is 4.92. The van der Waals surface area contributed by atoms with E-state index in [1.54, 1.807) is 29.9 Å². The van der Waals surface area contributed by atoms with Gasteiger partial charge in [0.15, 0.2) is 0 Å². The molecular formula is C8H7ClN2O. The molecule has 1 aromatic heterocycles. The molecule has 1 heterocycles. The minimum absolute atomic E-state index is 0.206. The van der Waals surface area contributed by atoms with Gasteiger partial charge in [-0.25, -0.2) is 0 Å². The van der Waals surface area contributed by atoms with Crippen LogP contribution in [0.2, 0.25) is 5.15 Å². The summed E-state index contributed by atoms with van der Waals surface area (Å²) in [5.41, 5.74) is 0.792. The number of halogens is 1. The van der Waals surface area contributed by atoms with Gasteiger partial charge in [0.05, 0.1) is 5.52 Å². The molecule has 0 aliphatic heterocycles. The van der Waals surface area contributed by atoms with Crippen molar-refractivity contribution in [1.82, 2.24) is 9.78 Å². The van der Waals surface area contributed by atoms with Gasteiger partial charge in [-0.3, -0.25) is 4.68 Å². The van der Waals surface area contributed by atoms with Crippen molar-refractivity contribution in [3.8, 4) is 5.75 Å². The van der Waals surface area contributed by atoms with Gasteiger partial charge in [0, 0.05) is 12.4 Å². The average molecular weight is 183 g/mol. The maximum atomic E-state index is 9.17. The van der Waals surface area contributed by atoms with Gasteiger partial charge in [-0.15, -0.1) is 0 Å². The van der Waals surface area contributed by atoms with Crippen LogP contribution >= 0.6 is 11.6 Å². The van der Waals surface area contributed by atoms with Gasteiger partial charge < -0.3 is 5.11 Å². The van der Waals surface area contributed by atoms with E-state index in [-0.39, 0.29) is 5.75 Å². The third-order valence-electron chi connectivity index (χ3n) is 1.74. The molecule has 0 bridgehead atoms. The van der Waals surface area contributed by atoms with E-state index in [2.05, 4.69) is 5.10 Å². The van der Waals surface area contributed by atoms with E-state index in [0.29, 0.717) is 5.15 Å². The molecule has 2 aromatic rings. The highest BCUT2D eigenvalue weighted by Crippen LogP contribution is 2.25. The highest BCUT2D eigenvalue weighted by atomic mass is 35.5. The van der Waals surface area contributed by atoms with Gasteiger partial charge in [0.2, 0.25) is 0 Å². The monoisotopic (exact) mass is 182 g/mol. The Balaban J connectivity index is 2.88. The molecule has 0 unspecified atom stereocenters. The van der Waals surface area contributed by atoms with Crippen LogP contribution in [0.25, 0.3) is 10.9 Å². The Bertz CT molecular complexity index is 436. The van der Waals surface area contributed by atoms with E-state index in [9.17, 15) is 0 Å². The lowest BCUT2D eigenvalue weighted by Crippen LogP contribution is -1.87. The maximum Gasteiger partial charge on any atom is 0.134 e. The average Bonchev–Trinajstić information content (AvgIpc) is 2.31. The summed E-state index contributed by atoms with van der Waals surface area (Å²) in [5.74, 6) is 0.206. The van der Waals surface area contributed by atoms with E-state index in [4.69, 9.17) is 16.7 Å². The first-order valence-corrected chi connectivity index (χ1v) is 3.87. The zero-order chi connectivity index (χ0) is 8.72. The molecule has 0 aliphatic carbocycles. The molecule has 62 valence electrons. The van der Waals surface area contributed by atoms with E-state index in [1.165, 1.54) is 0 Å². The van der Waals surface area contributed by atoms with Crippen molar-refractivity contribution in [2.45, 2.75) is 0 Å². The topological polar surface area (TPSA) is 38.0 Å². The molecule has 12 heavy (non-hydrogen) atoms. The fraction of sp³-hybridized carbons (Fsp3) is 0.125. The quantitative estimate of drug-likeness (QED) is 0.676. The SMILES string of the molecule is Cn1nc2ccc(O)cc2c1Cl. The van der Waals surface area contributed by atoms with E-state index < -0.39 is 0 Å². The van der Waals surface area contributed by atoms with Crippen LogP contribution in [-0.4, -0.2) is 14.9 Å². The van der Waals surface area contributed by atoms with E-state index in [1.807, 2.05) is 0 Å². The summed E-state index contributed by atoms with van der Waals surface area (Å²) in [5, 5.41) is 14.6. The second kappa shape index (κ2) is 2.38. The normalized spacial score (nSPS) is 10.8. The van der Waals surface area contributed by atoms with Crippen molar-refractivity contribution in [2.24, 2.45) is 7.05 Å². The zero-order valence-corrected chi connectivity index (χ0v) is 7.21. The lowest BCUT2D eigenvalue weighted by Gasteiger charge is -1.90. The first-order valence-electron chi connectivity index (χ1n) is 3.50. The van der Waals surface area contributed by atoms with Crippen LogP contribution in [0.15, 0.2) is 18.2 Å². The van der Waals surface area contributed by atoms with Crippen LogP contribution in [0.5, 0.6) is 5.75 Å². The van der Waals surface area contributed by atoms with E-state index in [0.717, 1.165) is 10.9 Å². The Morgan fingerprint density at radius 2 is 2.25 bits per heavy atom. The van der Waals surface area contributed by atoms with Gasteiger partial charge >= 0.3 is 0 Å². The minimum atomic E-state index is 0.206. The van der Waals surface area contributed by atoms with Crippen molar-refractivity contribution in [2.75, 3.05) is 0 Å². The third kappa shape index (κ3) is 0.940. The molecule has 2 rings (SSSR count). The van der Waals surface area contributed by atoms with Crippen molar-refractivity contribution in [3.63, 3.8) is 0 Å². The second-order valence-corrected chi connectivity index (χ2v) is 2.97. The molecule has 4 heteroatoms. The molecule has 0 radical (unpaired) electrons. The van der Waals surface area contributed by atoms with Crippen LogP contribution in [0.4, 0.5) is 0 Å². The number of benzene rings is 1. The molecule has 1 N–H and O–H groups in total. The highest BCUT2D eigenvalue weighted by molar-refractivity contribution is 6.34. The van der Waals surface area contributed by atoms with Crippen LogP contribution < -0.4 is 0 Å².